The Kier molecular flexibility index (Phi) is 11.2. The topological polar surface area (TPSA) is 60.8 Å². The predicted octanol–water partition coefficient (Wildman–Crippen LogP) is 2.23. The third kappa shape index (κ3) is 8.81. The number of carbonyl (C=O) groups is 1. The molecule has 1 heterocycles. The molecule has 0 aliphatic carbocycles. The maximum atomic E-state index is 11.8. The minimum Gasteiger partial charge on any atom is -0.356 e. The van der Waals surface area contributed by atoms with Crippen LogP contribution in [0.2, 0.25) is 0 Å². The van der Waals surface area contributed by atoms with Crippen LogP contribution in [0.5, 0.6) is 0 Å². The fraction of sp³-hybridized carbons (Fsp3) is 0.688. The number of amides is 1. The zero-order valence-electron chi connectivity index (χ0n) is 15.5. The second kappa shape index (κ2) is 11.6. The highest BCUT2D eigenvalue weighted by molar-refractivity contribution is 14.0. The normalized spacial score (nSPS) is 11.2. The standard InChI is InChI=1S/C16H29N5OS.HI/c1-12(2)9-18-16(19-11-15(22)20(4)5)21(6)8-7-14-17-10-13(3)23-14;/h10,12H,7-9,11H2,1-6H3,(H,18,19);1H. The molecule has 0 aliphatic heterocycles. The highest BCUT2D eigenvalue weighted by atomic mass is 127. The Morgan fingerprint density at radius 3 is 2.54 bits per heavy atom. The third-order valence-corrected chi connectivity index (χ3v) is 4.20. The molecule has 24 heavy (non-hydrogen) atoms. The van der Waals surface area contributed by atoms with Crippen LogP contribution in [0.15, 0.2) is 11.2 Å². The van der Waals surface area contributed by atoms with Crippen LogP contribution < -0.4 is 5.32 Å². The van der Waals surface area contributed by atoms with Gasteiger partial charge in [0.2, 0.25) is 5.91 Å². The summed E-state index contributed by atoms with van der Waals surface area (Å²) in [5.41, 5.74) is 0. The number of nitrogens with zero attached hydrogens (tertiary/aromatic N) is 4. The zero-order chi connectivity index (χ0) is 17.4. The lowest BCUT2D eigenvalue weighted by molar-refractivity contribution is -0.127. The summed E-state index contributed by atoms with van der Waals surface area (Å²) in [5.74, 6) is 1.28. The van der Waals surface area contributed by atoms with Gasteiger partial charge in [0.05, 0.1) is 5.01 Å². The summed E-state index contributed by atoms with van der Waals surface area (Å²) < 4.78 is 0. The zero-order valence-corrected chi connectivity index (χ0v) is 18.6. The van der Waals surface area contributed by atoms with E-state index in [9.17, 15) is 4.79 Å². The predicted molar refractivity (Wildman–Crippen MR) is 112 cm³/mol. The van der Waals surface area contributed by atoms with Crippen molar-refractivity contribution in [3.8, 4) is 0 Å². The van der Waals surface area contributed by atoms with E-state index in [-0.39, 0.29) is 36.4 Å². The van der Waals surface area contributed by atoms with Gasteiger partial charge < -0.3 is 15.1 Å². The molecule has 1 aromatic rings. The molecule has 0 saturated carbocycles. The molecule has 138 valence electrons. The fourth-order valence-corrected chi connectivity index (χ4v) is 2.55. The van der Waals surface area contributed by atoms with Gasteiger partial charge in [-0.15, -0.1) is 35.3 Å². The summed E-state index contributed by atoms with van der Waals surface area (Å²) >= 11 is 1.72. The Labute approximate surface area is 166 Å². The minimum absolute atomic E-state index is 0. The Morgan fingerprint density at radius 2 is 2.04 bits per heavy atom. The Balaban J connectivity index is 0.00000529. The van der Waals surface area contributed by atoms with Crippen molar-refractivity contribution in [1.29, 1.82) is 0 Å². The molecule has 0 spiro atoms. The molecular weight excluding hydrogens is 437 g/mol. The molecule has 0 saturated heterocycles. The number of rotatable bonds is 7. The van der Waals surface area contributed by atoms with Crippen molar-refractivity contribution in [2.24, 2.45) is 10.9 Å². The van der Waals surface area contributed by atoms with E-state index in [0.29, 0.717) is 5.92 Å². The van der Waals surface area contributed by atoms with Gasteiger partial charge in [-0.3, -0.25) is 4.79 Å². The fourth-order valence-electron chi connectivity index (χ4n) is 1.78. The van der Waals surface area contributed by atoms with Crippen molar-refractivity contribution in [1.82, 2.24) is 20.1 Å². The molecule has 1 rings (SSSR count). The smallest absolute Gasteiger partial charge is 0.243 e. The summed E-state index contributed by atoms with van der Waals surface area (Å²) in [7, 11) is 5.48. The number of hydrogen-bond acceptors (Lipinski definition) is 4. The Hall–Kier alpha value is -0.900. The van der Waals surface area contributed by atoms with Gasteiger partial charge in [0, 0.05) is 51.7 Å². The molecule has 0 radical (unpaired) electrons. The molecular formula is C16H30IN5OS. The van der Waals surface area contributed by atoms with Crippen molar-refractivity contribution in [3.05, 3.63) is 16.1 Å². The second-order valence-electron chi connectivity index (χ2n) is 6.24. The van der Waals surface area contributed by atoms with Crippen molar-refractivity contribution in [3.63, 3.8) is 0 Å². The lowest BCUT2D eigenvalue weighted by Crippen LogP contribution is -2.42. The Morgan fingerprint density at radius 1 is 1.38 bits per heavy atom. The molecule has 0 fully saturated rings. The van der Waals surface area contributed by atoms with Crippen molar-refractivity contribution < 1.29 is 4.79 Å². The second-order valence-corrected chi connectivity index (χ2v) is 7.56. The van der Waals surface area contributed by atoms with Crippen LogP contribution in [0, 0.1) is 12.8 Å². The molecule has 1 amide bonds. The summed E-state index contributed by atoms with van der Waals surface area (Å²) in [6.45, 7) is 8.16. The number of hydrogen-bond donors (Lipinski definition) is 1. The van der Waals surface area contributed by atoms with E-state index in [1.165, 1.54) is 4.88 Å². The highest BCUT2D eigenvalue weighted by Gasteiger charge is 2.10. The number of thiazole rings is 1. The number of aromatic nitrogens is 1. The number of aryl methyl sites for hydroxylation is 1. The van der Waals surface area contributed by atoms with E-state index in [1.807, 2.05) is 13.2 Å². The van der Waals surface area contributed by atoms with E-state index in [4.69, 9.17) is 0 Å². The molecule has 0 aromatic carbocycles. The van der Waals surface area contributed by atoms with Crippen LogP contribution in [0.4, 0.5) is 0 Å². The number of carbonyl (C=O) groups excluding carboxylic acids is 1. The van der Waals surface area contributed by atoms with E-state index in [2.05, 4.69) is 41.0 Å². The molecule has 1 aromatic heterocycles. The first-order chi connectivity index (χ1) is 10.8. The van der Waals surface area contributed by atoms with E-state index >= 15 is 0 Å². The van der Waals surface area contributed by atoms with Gasteiger partial charge in [0.1, 0.15) is 6.54 Å². The van der Waals surface area contributed by atoms with Crippen LogP contribution in [0.25, 0.3) is 0 Å². The first kappa shape index (κ1) is 23.1. The van der Waals surface area contributed by atoms with Crippen molar-refractivity contribution >= 4 is 47.2 Å². The quantitative estimate of drug-likeness (QED) is 0.380. The van der Waals surface area contributed by atoms with Crippen LogP contribution in [0.3, 0.4) is 0 Å². The molecule has 0 atom stereocenters. The average molecular weight is 467 g/mol. The van der Waals surface area contributed by atoms with Gasteiger partial charge >= 0.3 is 0 Å². The van der Waals surface area contributed by atoms with Gasteiger partial charge in [0.15, 0.2) is 5.96 Å². The van der Waals surface area contributed by atoms with E-state index in [0.717, 1.165) is 30.5 Å². The molecule has 8 heteroatoms. The van der Waals surface area contributed by atoms with Crippen LogP contribution in [-0.4, -0.2) is 67.4 Å². The average Bonchev–Trinajstić information content (AvgIpc) is 2.89. The molecule has 6 nitrogen and oxygen atoms in total. The SMILES string of the molecule is Cc1cnc(CCN(C)C(=NCC(=O)N(C)C)NCC(C)C)s1.I. The third-order valence-electron chi connectivity index (χ3n) is 3.22. The van der Waals surface area contributed by atoms with Crippen molar-refractivity contribution in [2.75, 3.05) is 40.8 Å². The van der Waals surface area contributed by atoms with Crippen LogP contribution in [0.1, 0.15) is 23.7 Å². The maximum absolute atomic E-state index is 11.8. The Bertz CT molecular complexity index is 530. The molecule has 0 aliphatic rings. The summed E-state index contributed by atoms with van der Waals surface area (Å²) in [5, 5.41) is 4.47. The van der Waals surface area contributed by atoms with E-state index < -0.39 is 0 Å². The lowest BCUT2D eigenvalue weighted by Gasteiger charge is -2.23. The van der Waals surface area contributed by atoms with Crippen LogP contribution >= 0.6 is 35.3 Å². The van der Waals surface area contributed by atoms with E-state index in [1.54, 1.807) is 30.3 Å². The minimum atomic E-state index is -0.00204. The molecule has 0 bridgehead atoms. The van der Waals surface area contributed by atoms with Gasteiger partial charge in [-0.25, -0.2) is 9.98 Å². The number of halogens is 1. The number of likely N-dealkylation sites (N-methyl/N-ethyl adjacent to an activating group) is 2. The monoisotopic (exact) mass is 467 g/mol. The first-order valence-corrected chi connectivity index (χ1v) is 8.72. The summed E-state index contributed by atoms with van der Waals surface area (Å²) in [4.78, 5) is 25.4. The van der Waals surface area contributed by atoms with Gasteiger partial charge in [0.25, 0.3) is 0 Å². The van der Waals surface area contributed by atoms with Gasteiger partial charge in [-0.05, 0) is 12.8 Å². The van der Waals surface area contributed by atoms with Gasteiger partial charge in [-0.1, -0.05) is 13.8 Å². The maximum Gasteiger partial charge on any atom is 0.243 e. The largest absolute Gasteiger partial charge is 0.356 e. The summed E-state index contributed by atoms with van der Waals surface area (Å²) in [6, 6.07) is 0. The number of guanidine groups is 1. The molecule has 0 unspecified atom stereocenters. The lowest BCUT2D eigenvalue weighted by atomic mass is 10.2. The van der Waals surface area contributed by atoms with Gasteiger partial charge in [-0.2, -0.15) is 0 Å². The highest BCUT2D eigenvalue weighted by Crippen LogP contribution is 2.11. The van der Waals surface area contributed by atoms with Crippen LogP contribution in [-0.2, 0) is 11.2 Å². The summed E-state index contributed by atoms with van der Waals surface area (Å²) in [6.07, 6.45) is 2.78. The number of aliphatic imine (C=N–C) groups is 1. The molecule has 1 N–H and O–H groups in total. The number of nitrogens with one attached hydrogen (secondary N) is 1. The first-order valence-electron chi connectivity index (χ1n) is 7.90. The van der Waals surface area contributed by atoms with Crippen molar-refractivity contribution in [2.45, 2.75) is 27.2 Å².